The summed E-state index contributed by atoms with van der Waals surface area (Å²) in [6.45, 7) is 1.97. The third-order valence-corrected chi connectivity index (χ3v) is 4.01. The Bertz CT molecular complexity index is 906. The van der Waals surface area contributed by atoms with Gasteiger partial charge in [0.15, 0.2) is 0 Å². The fraction of sp³-hybridized carbons (Fsp3) is 0.100. The van der Waals surface area contributed by atoms with Crippen LogP contribution in [-0.2, 0) is 6.42 Å². The lowest BCUT2D eigenvalue weighted by Crippen LogP contribution is -1.98. The average Bonchev–Trinajstić information content (AvgIpc) is 2.80. The van der Waals surface area contributed by atoms with Gasteiger partial charge in [-0.25, -0.2) is 9.97 Å². The highest BCUT2D eigenvalue weighted by atomic mass is 14.9. The van der Waals surface area contributed by atoms with E-state index in [1.807, 2.05) is 25.1 Å². The summed E-state index contributed by atoms with van der Waals surface area (Å²) in [6, 6.07) is 14.7. The molecule has 2 heteroatoms. The molecule has 3 aromatic rings. The molecule has 1 aliphatic rings. The molecule has 1 aromatic heterocycles. The third kappa shape index (κ3) is 2.13. The number of benzene rings is 2. The van der Waals surface area contributed by atoms with E-state index in [0.29, 0.717) is 0 Å². The van der Waals surface area contributed by atoms with Gasteiger partial charge < -0.3 is 0 Å². The number of aryl methyl sites for hydroxylation is 1. The van der Waals surface area contributed by atoms with E-state index in [0.717, 1.165) is 34.4 Å². The van der Waals surface area contributed by atoms with E-state index in [1.165, 1.54) is 11.1 Å². The van der Waals surface area contributed by atoms with Crippen molar-refractivity contribution in [3.8, 4) is 11.3 Å². The normalized spacial score (nSPS) is 13.1. The quantitative estimate of drug-likeness (QED) is 0.645. The summed E-state index contributed by atoms with van der Waals surface area (Å²) in [5.41, 5.74) is 5.75. The Morgan fingerprint density at radius 3 is 2.64 bits per heavy atom. The number of aromatic nitrogens is 2. The van der Waals surface area contributed by atoms with Gasteiger partial charge in [-0.3, -0.25) is 0 Å². The predicted molar refractivity (Wildman–Crippen MR) is 91.6 cm³/mol. The van der Waals surface area contributed by atoms with Gasteiger partial charge >= 0.3 is 0 Å². The average molecular weight is 284 g/mol. The van der Waals surface area contributed by atoms with Crippen LogP contribution in [0.15, 0.2) is 60.7 Å². The van der Waals surface area contributed by atoms with Crippen molar-refractivity contribution in [2.75, 3.05) is 0 Å². The highest BCUT2D eigenvalue weighted by molar-refractivity contribution is 5.96. The number of fused-ring (bicyclic) bond motifs is 3. The molecule has 0 saturated carbocycles. The van der Waals surface area contributed by atoms with Crippen LogP contribution in [0.5, 0.6) is 0 Å². The Balaban J connectivity index is 2.06. The largest absolute Gasteiger partial charge is 0.233 e. The highest BCUT2D eigenvalue weighted by Crippen LogP contribution is 2.31. The van der Waals surface area contributed by atoms with Crippen LogP contribution in [0.1, 0.15) is 17.0 Å². The topological polar surface area (TPSA) is 25.8 Å². The summed E-state index contributed by atoms with van der Waals surface area (Å²) in [5, 5.41) is 1.12. The van der Waals surface area contributed by atoms with E-state index in [-0.39, 0.29) is 0 Å². The molecule has 0 fully saturated rings. The van der Waals surface area contributed by atoms with E-state index in [1.54, 1.807) is 0 Å². The lowest BCUT2D eigenvalue weighted by Gasteiger charge is -2.12. The van der Waals surface area contributed by atoms with Gasteiger partial charge in [-0.2, -0.15) is 0 Å². The first-order valence-electron chi connectivity index (χ1n) is 7.52. The van der Waals surface area contributed by atoms with E-state index >= 15 is 0 Å². The molecular formula is C20H16N2. The number of hydrogen-bond donors (Lipinski definition) is 0. The molecule has 0 bridgehead atoms. The second-order valence-electron chi connectivity index (χ2n) is 5.51. The molecule has 2 nitrogen and oxygen atoms in total. The third-order valence-electron chi connectivity index (χ3n) is 4.01. The van der Waals surface area contributed by atoms with Crippen molar-refractivity contribution >= 4 is 17.0 Å². The van der Waals surface area contributed by atoms with Crippen LogP contribution < -0.4 is 0 Å². The SMILES string of the molecule is Cc1nc(-c2ccccc2)c2ccc3c(c2n1)CC=CC=C3. The zero-order valence-corrected chi connectivity index (χ0v) is 12.5. The summed E-state index contributed by atoms with van der Waals surface area (Å²) in [6.07, 6.45) is 9.42. The molecule has 0 unspecified atom stereocenters. The van der Waals surface area contributed by atoms with Crippen molar-refractivity contribution in [1.82, 2.24) is 9.97 Å². The summed E-state index contributed by atoms with van der Waals surface area (Å²) >= 11 is 0. The molecule has 0 amide bonds. The van der Waals surface area contributed by atoms with Crippen LogP contribution in [0.2, 0.25) is 0 Å². The molecule has 22 heavy (non-hydrogen) atoms. The van der Waals surface area contributed by atoms with Gasteiger partial charge in [0.2, 0.25) is 0 Å². The predicted octanol–water partition coefficient (Wildman–Crippen LogP) is 4.73. The molecule has 106 valence electrons. The fourth-order valence-electron chi connectivity index (χ4n) is 2.99. The van der Waals surface area contributed by atoms with Crippen molar-refractivity contribution in [2.24, 2.45) is 0 Å². The monoisotopic (exact) mass is 284 g/mol. The Kier molecular flexibility index (Phi) is 3.08. The van der Waals surface area contributed by atoms with Crippen molar-refractivity contribution in [2.45, 2.75) is 13.3 Å². The highest BCUT2D eigenvalue weighted by Gasteiger charge is 2.13. The molecule has 0 atom stereocenters. The summed E-state index contributed by atoms with van der Waals surface area (Å²) in [7, 11) is 0. The maximum absolute atomic E-state index is 4.74. The maximum atomic E-state index is 4.74. The van der Waals surface area contributed by atoms with Gasteiger partial charge in [-0.05, 0) is 30.5 Å². The van der Waals surface area contributed by atoms with Gasteiger partial charge in [-0.1, -0.05) is 60.7 Å². The first-order chi connectivity index (χ1) is 10.8. The summed E-state index contributed by atoms with van der Waals surface area (Å²) in [4.78, 5) is 9.43. The maximum Gasteiger partial charge on any atom is 0.126 e. The first-order valence-corrected chi connectivity index (χ1v) is 7.52. The van der Waals surface area contributed by atoms with Crippen LogP contribution >= 0.6 is 0 Å². The van der Waals surface area contributed by atoms with Crippen LogP contribution in [0, 0.1) is 6.92 Å². The standard InChI is InChI=1S/C20H16N2/c1-14-21-19(16-9-5-2-6-10-16)18-13-12-15-8-4-3-7-11-17(15)20(18)22-14/h2-10,12-13H,11H2,1H3. The van der Waals surface area contributed by atoms with Crippen molar-refractivity contribution in [1.29, 1.82) is 0 Å². The van der Waals surface area contributed by atoms with Gasteiger partial charge in [-0.15, -0.1) is 0 Å². The fourth-order valence-corrected chi connectivity index (χ4v) is 2.99. The number of allylic oxidation sites excluding steroid dienone is 3. The summed E-state index contributed by atoms with van der Waals surface area (Å²) in [5.74, 6) is 0.817. The minimum Gasteiger partial charge on any atom is -0.233 e. The summed E-state index contributed by atoms with van der Waals surface area (Å²) < 4.78 is 0. The first kappa shape index (κ1) is 13.0. The molecule has 0 N–H and O–H groups in total. The van der Waals surface area contributed by atoms with Crippen molar-refractivity contribution < 1.29 is 0 Å². The molecule has 2 aromatic carbocycles. The van der Waals surface area contributed by atoms with Gasteiger partial charge in [0.1, 0.15) is 5.82 Å². The zero-order valence-electron chi connectivity index (χ0n) is 12.5. The van der Waals surface area contributed by atoms with Crippen molar-refractivity contribution in [3.05, 3.63) is 77.6 Å². The van der Waals surface area contributed by atoms with E-state index < -0.39 is 0 Å². The van der Waals surface area contributed by atoms with E-state index in [2.05, 4.69) is 48.6 Å². The Morgan fingerprint density at radius 1 is 0.909 bits per heavy atom. The lowest BCUT2D eigenvalue weighted by molar-refractivity contribution is 1.08. The number of rotatable bonds is 1. The molecule has 0 saturated heterocycles. The Morgan fingerprint density at radius 2 is 1.77 bits per heavy atom. The Labute approximate surface area is 129 Å². The molecule has 1 heterocycles. The molecule has 0 aliphatic heterocycles. The molecule has 0 radical (unpaired) electrons. The molecule has 1 aliphatic carbocycles. The Hall–Kier alpha value is -2.74. The second kappa shape index (κ2) is 5.23. The van der Waals surface area contributed by atoms with E-state index in [9.17, 15) is 0 Å². The van der Waals surface area contributed by atoms with Crippen LogP contribution in [-0.4, -0.2) is 9.97 Å². The minimum atomic E-state index is 0.817. The van der Waals surface area contributed by atoms with Crippen LogP contribution in [0.3, 0.4) is 0 Å². The van der Waals surface area contributed by atoms with Gasteiger partial charge in [0.25, 0.3) is 0 Å². The number of nitrogens with zero attached hydrogens (tertiary/aromatic N) is 2. The van der Waals surface area contributed by atoms with Gasteiger partial charge in [0, 0.05) is 10.9 Å². The molecule has 0 spiro atoms. The van der Waals surface area contributed by atoms with Crippen LogP contribution in [0.25, 0.3) is 28.2 Å². The van der Waals surface area contributed by atoms with E-state index in [4.69, 9.17) is 9.97 Å². The second-order valence-corrected chi connectivity index (χ2v) is 5.51. The van der Waals surface area contributed by atoms with Crippen molar-refractivity contribution in [3.63, 3.8) is 0 Å². The zero-order chi connectivity index (χ0) is 14.9. The molecule has 4 rings (SSSR count). The number of hydrogen-bond acceptors (Lipinski definition) is 2. The minimum absolute atomic E-state index is 0.817. The van der Waals surface area contributed by atoms with Crippen LogP contribution in [0.4, 0.5) is 0 Å². The lowest BCUT2D eigenvalue weighted by atomic mass is 9.98. The smallest absolute Gasteiger partial charge is 0.126 e. The van der Waals surface area contributed by atoms with Gasteiger partial charge in [0.05, 0.1) is 11.2 Å². The molecular weight excluding hydrogens is 268 g/mol.